The van der Waals surface area contributed by atoms with Crippen molar-refractivity contribution in [2.45, 2.75) is 58.2 Å². The summed E-state index contributed by atoms with van der Waals surface area (Å²) in [5.41, 5.74) is -0.396. The number of esters is 1. The van der Waals surface area contributed by atoms with Crippen LogP contribution in [0.15, 0.2) is 0 Å². The van der Waals surface area contributed by atoms with Crippen LogP contribution < -0.4 is 6.15 Å². The molecule has 0 aliphatic heterocycles. The van der Waals surface area contributed by atoms with E-state index in [1.165, 1.54) is 0 Å². The number of aliphatic hydroxyl groups is 1. The first-order valence-electron chi connectivity index (χ1n) is 5.29. The molecular weight excluding hydrogens is 194 g/mol. The van der Waals surface area contributed by atoms with Crippen LogP contribution in [0.2, 0.25) is 0 Å². The first-order chi connectivity index (χ1) is 6.38. The average Bonchev–Trinajstić information content (AvgIpc) is 2.02. The lowest BCUT2D eigenvalue weighted by molar-refractivity contribution is -0.161. The van der Waals surface area contributed by atoms with Crippen molar-refractivity contribution in [3.63, 3.8) is 0 Å². The number of carbonyl (C=O) groups excluding carboxylic acids is 1. The second-order valence-electron chi connectivity index (χ2n) is 5.04. The third kappa shape index (κ3) is 5.14. The summed E-state index contributed by atoms with van der Waals surface area (Å²) in [6.45, 7) is 5.63. The zero-order valence-electron chi connectivity index (χ0n) is 9.95. The smallest absolute Gasteiger partial charge is 0.309 e. The highest BCUT2D eigenvalue weighted by molar-refractivity contribution is 5.72. The molecule has 0 saturated heterocycles. The lowest BCUT2D eigenvalue weighted by Crippen LogP contribution is -2.31. The predicted molar refractivity (Wildman–Crippen MR) is 58.8 cm³/mol. The van der Waals surface area contributed by atoms with Gasteiger partial charge in [0.1, 0.15) is 5.60 Å². The van der Waals surface area contributed by atoms with Gasteiger partial charge in [-0.25, -0.2) is 0 Å². The van der Waals surface area contributed by atoms with E-state index in [-0.39, 0.29) is 24.1 Å². The van der Waals surface area contributed by atoms with Crippen LogP contribution >= 0.6 is 0 Å². The Balaban J connectivity index is 0.00000196. The van der Waals surface area contributed by atoms with Crippen molar-refractivity contribution < 1.29 is 14.6 Å². The molecule has 4 N–H and O–H groups in total. The molecule has 0 unspecified atom stereocenters. The van der Waals surface area contributed by atoms with E-state index in [0.717, 1.165) is 25.7 Å². The molecule has 1 saturated carbocycles. The molecule has 1 aliphatic carbocycles. The van der Waals surface area contributed by atoms with E-state index in [1.807, 2.05) is 20.8 Å². The first kappa shape index (κ1) is 14.4. The summed E-state index contributed by atoms with van der Waals surface area (Å²) in [4.78, 5) is 11.6. The summed E-state index contributed by atoms with van der Waals surface area (Å²) < 4.78 is 5.29. The summed E-state index contributed by atoms with van der Waals surface area (Å²) in [5.74, 6) is -0.109. The number of hydrogen-bond donors (Lipinski definition) is 2. The van der Waals surface area contributed by atoms with Crippen molar-refractivity contribution in [3.05, 3.63) is 0 Å². The molecule has 0 atom stereocenters. The fourth-order valence-corrected chi connectivity index (χ4v) is 1.70. The maximum absolute atomic E-state index is 11.6. The van der Waals surface area contributed by atoms with Crippen LogP contribution in [0.5, 0.6) is 0 Å². The maximum atomic E-state index is 11.6. The van der Waals surface area contributed by atoms with Crippen molar-refractivity contribution >= 4 is 5.97 Å². The Morgan fingerprint density at radius 3 is 2.07 bits per heavy atom. The van der Waals surface area contributed by atoms with Gasteiger partial charge >= 0.3 is 5.97 Å². The lowest BCUT2D eigenvalue weighted by Gasteiger charge is -2.27. The molecule has 1 fully saturated rings. The Morgan fingerprint density at radius 1 is 1.20 bits per heavy atom. The zero-order valence-corrected chi connectivity index (χ0v) is 9.95. The Morgan fingerprint density at radius 2 is 1.67 bits per heavy atom. The average molecular weight is 217 g/mol. The van der Waals surface area contributed by atoms with Crippen LogP contribution in [0.3, 0.4) is 0 Å². The maximum Gasteiger partial charge on any atom is 0.309 e. The van der Waals surface area contributed by atoms with Gasteiger partial charge in [-0.05, 0) is 46.5 Å². The molecule has 0 aromatic heterocycles. The lowest BCUT2D eigenvalue weighted by atomic mass is 9.87. The predicted octanol–water partition coefficient (Wildman–Crippen LogP) is 2.04. The second kappa shape index (κ2) is 5.47. The van der Waals surface area contributed by atoms with Crippen LogP contribution in [0.4, 0.5) is 0 Å². The standard InChI is InChI=1S/C11H20O3.H3N/c1-11(2,3)14-10(13)8-4-6-9(12)7-5-8;/h8-9,12H,4-7H2,1-3H3;1H3. The van der Waals surface area contributed by atoms with Crippen molar-refractivity contribution in [2.75, 3.05) is 0 Å². The SMILES string of the molecule is CC(C)(C)OC(=O)C1CCC(O)CC1.N. The van der Waals surface area contributed by atoms with Crippen molar-refractivity contribution in [1.82, 2.24) is 6.15 Å². The van der Waals surface area contributed by atoms with Gasteiger partial charge in [-0.3, -0.25) is 4.79 Å². The summed E-state index contributed by atoms with van der Waals surface area (Å²) in [6.07, 6.45) is 2.76. The Bertz CT molecular complexity index is 202. The molecule has 1 rings (SSSR count). The summed E-state index contributed by atoms with van der Waals surface area (Å²) >= 11 is 0. The van der Waals surface area contributed by atoms with E-state index in [0.29, 0.717) is 0 Å². The van der Waals surface area contributed by atoms with E-state index >= 15 is 0 Å². The summed E-state index contributed by atoms with van der Waals surface area (Å²) in [5, 5.41) is 9.29. The molecule has 0 aromatic rings. The molecule has 0 radical (unpaired) electrons. The van der Waals surface area contributed by atoms with Gasteiger partial charge in [0, 0.05) is 0 Å². The van der Waals surface area contributed by atoms with E-state index in [9.17, 15) is 9.90 Å². The van der Waals surface area contributed by atoms with Crippen molar-refractivity contribution in [2.24, 2.45) is 5.92 Å². The monoisotopic (exact) mass is 217 g/mol. The minimum absolute atomic E-state index is 0. The molecule has 0 bridgehead atoms. The highest BCUT2D eigenvalue weighted by atomic mass is 16.6. The molecular formula is C11H23NO3. The Labute approximate surface area is 91.6 Å². The number of carbonyl (C=O) groups is 1. The van der Waals surface area contributed by atoms with Gasteiger partial charge in [0.25, 0.3) is 0 Å². The highest BCUT2D eigenvalue weighted by Crippen LogP contribution is 2.26. The number of hydrogen-bond acceptors (Lipinski definition) is 4. The van der Waals surface area contributed by atoms with Gasteiger partial charge < -0.3 is 16.0 Å². The summed E-state index contributed by atoms with van der Waals surface area (Å²) in [7, 11) is 0. The van der Waals surface area contributed by atoms with Crippen LogP contribution in [0.25, 0.3) is 0 Å². The number of ether oxygens (including phenoxy) is 1. The largest absolute Gasteiger partial charge is 0.460 e. The third-order valence-electron chi connectivity index (χ3n) is 2.44. The van der Waals surface area contributed by atoms with Gasteiger partial charge in [0.05, 0.1) is 12.0 Å². The molecule has 90 valence electrons. The fraction of sp³-hybridized carbons (Fsp3) is 0.909. The molecule has 0 spiro atoms. The van der Waals surface area contributed by atoms with E-state index in [2.05, 4.69) is 0 Å². The van der Waals surface area contributed by atoms with Gasteiger partial charge in [-0.1, -0.05) is 0 Å². The van der Waals surface area contributed by atoms with Crippen LogP contribution in [-0.2, 0) is 9.53 Å². The third-order valence-corrected chi connectivity index (χ3v) is 2.44. The second-order valence-corrected chi connectivity index (χ2v) is 5.04. The van der Waals surface area contributed by atoms with Crippen molar-refractivity contribution in [1.29, 1.82) is 0 Å². The van der Waals surface area contributed by atoms with E-state index in [4.69, 9.17) is 4.74 Å². The molecule has 4 heteroatoms. The van der Waals surface area contributed by atoms with E-state index < -0.39 is 5.60 Å². The Kier molecular flexibility index (Phi) is 5.24. The minimum Gasteiger partial charge on any atom is -0.460 e. The van der Waals surface area contributed by atoms with Gasteiger partial charge in [-0.2, -0.15) is 0 Å². The van der Waals surface area contributed by atoms with Crippen LogP contribution in [0.1, 0.15) is 46.5 Å². The van der Waals surface area contributed by atoms with Gasteiger partial charge in [0.15, 0.2) is 0 Å². The summed E-state index contributed by atoms with van der Waals surface area (Å²) in [6, 6.07) is 0. The molecule has 0 amide bonds. The minimum atomic E-state index is -0.396. The molecule has 1 aliphatic rings. The van der Waals surface area contributed by atoms with Gasteiger partial charge in [0.2, 0.25) is 0 Å². The normalized spacial score (nSPS) is 26.7. The van der Waals surface area contributed by atoms with E-state index in [1.54, 1.807) is 0 Å². The van der Waals surface area contributed by atoms with Crippen LogP contribution in [-0.4, -0.2) is 22.8 Å². The molecule has 15 heavy (non-hydrogen) atoms. The Hall–Kier alpha value is -0.610. The topological polar surface area (TPSA) is 81.5 Å². The van der Waals surface area contributed by atoms with Crippen LogP contribution in [0, 0.1) is 5.92 Å². The van der Waals surface area contributed by atoms with Crippen molar-refractivity contribution in [3.8, 4) is 0 Å². The molecule has 4 nitrogen and oxygen atoms in total. The quantitative estimate of drug-likeness (QED) is 0.658. The molecule has 0 heterocycles. The fourth-order valence-electron chi connectivity index (χ4n) is 1.70. The molecule has 0 aromatic carbocycles. The number of aliphatic hydroxyl groups excluding tert-OH is 1. The first-order valence-corrected chi connectivity index (χ1v) is 5.29. The number of rotatable bonds is 1. The zero-order chi connectivity index (χ0) is 10.8. The highest BCUT2D eigenvalue weighted by Gasteiger charge is 2.28. The van der Waals surface area contributed by atoms with Gasteiger partial charge in [-0.15, -0.1) is 0 Å².